The lowest BCUT2D eigenvalue weighted by molar-refractivity contribution is -0.212. The maximum atomic E-state index is 12.6. The second kappa shape index (κ2) is 12.6. The van der Waals surface area contributed by atoms with Gasteiger partial charge in [-0.2, -0.15) is 0 Å². The van der Waals surface area contributed by atoms with Gasteiger partial charge in [-0.05, 0) is 41.8 Å². The van der Waals surface area contributed by atoms with Crippen molar-refractivity contribution >= 4 is 23.9 Å². The van der Waals surface area contributed by atoms with E-state index in [1.54, 1.807) is 37.5 Å². The van der Waals surface area contributed by atoms with Crippen LogP contribution in [-0.4, -0.2) is 128 Å². The Morgan fingerprint density at radius 2 is 1.06 bits per heavy atom. The molecule has 6 rings (SSSR count). The van der Waals surface area contributed by atoms with E-state index in [-0.39, 0.29) is 11.1 Å². The number of imide groups is 2. The summed E-state index contributed by atoms with van der Waals surface area (Å²) < 4.78 is 2.90. The number of amides is 6. The fraction of sp³-hybridized carbons (Fsp3) is 0.600. The summed E-state index contributed by atoms with van der Waals surface area (Å²) in [6.07, 6.45) is 3.07. The number of likely N-dealkylation sites (N-methyl/N-ethyl adjacent to an activating group) is 2. The molecule has 5 heterocycles. The number of carbonyl (C=O) groups excluding carboxylic acids is 4. The molecule has 4 aliphatic rings. The van der Waals surface area contributed by atoms with Gasteiger partial charge in [0.2, 0.25) is 11.8 Å². The highest BCUT2D eigenvalue weighted by Gasteiger charge is 2.80. The van der Waals surface area contributed by atoms with Gasteiger partial charge in [0.25, 0.3) is 11.1 Å². The SMILES string of the molecule is CN1CCN2C(=O)NC(=O)C3(C)C2C2N(CC1)C(=O)NC(=O)C23C.Cc1cn(CCN(C)CCn2cc(C)c(=O)[nH]c2=O)c(=O)[nH]c1=O. The smallest absolute Gasteiger partial charge is 0.317 e. The molecular formula is C30H42N10O8. The Balaban J connectivity index is 0.000000188. The van der Waals surface area contributed by atoms with Crippen LogP contribution < -0.4 is 33.1 Å². The van der Waals surface area contributed by atoms with Gasteiger partial charge < -0.3 is 19.6 Å². The summed E-state index contributed by atoms with van der Waals surface area (Å²) in [6, 6.07) is -1.85. The Hall–Kier alpha value is -4.84. The van der Waals surface area contributed by atoms with E-state index in [9.17, 15) is 38.4 Å². The second-order valence-electron chi connectivity index (χ2n) is 13.3. The summed E-state index contributed by atoms with van der Waals surface area (Å²) >= 11 is 0. The zero-order valence-corrected chi connectivity index (χ0v) is 27.9. The first-order valence-corrected chi connectivity index (χ1v) is 15.7. The van der Waals surface area contributed by atoms with Crippen LogP contribution in [0.2, 0.25) is 0 Å². The van der Waals surface area contributed by atoms with E-state index in [2.05, 4.69) is 20.6 Å². The van der Waals surface area contributed by atoms with Crippen molar-refractivity contribution in [3.8, 4) is 0 Å². The molecule has 6 amide bonds. The lowest BCUT2D eigenvalue weighted by Gasteiger charge is -2.71. The number of urea groups is 2. The maximum absolute atomic E-state index is 12.6. The normalized spacial score (nSPS) is 26.7. The number of aromatic nitrogens is 4. The molecule has 0 spiro atoms. The third kappa shape index (κ3) is 5.67. The lowest BCUT2D eigenvalue weighted by Crippen LogP contribution is -2.91. The van der Waals surface area contributed by atoms with Crippen molar-refractivity contribution < 1.29 is 19.2 Å². The van der Waals surface area contributed by atoms with Crippen LogP contribution in [0.25, 0.3) is 0 Å². The van der Waals surface area contributed by atoms with E-state index in [4.69, 9.17) is 0 Å². The topological polar surface area (TPSA) is 215 Å². The minimum atomic E-state index is -1.06. The summed E-state index contributed by atoms with van der Waals surface area (Å²) in [5, 5.41) is 4.79. The number of nitrogens with one attached hydrogen (secondary N) is 4. The van der Waals surface area contributed by atoms with Crippen molar-refractivity contribution in [3.63, 3.8) is 0 Å². The van der Waals surface area contributed by atoms with Gasteiger partial charge in [-0.1, -0.05) is 0 Å². The average molecular weight is 671 g/mol. The third-order valence-electron chi connectivity index (χ3n) is 10.4. The average Bonchev–Trinajstić information content (AvgIpc) is 3.09. The summed E-state index contributed by atoms with van der Waals surface area (Å²) in [4.78, 5) is 108. The zero-order valence-electron chi connectivity index (χ0n) is 27.9. The van der Waals surface area contributed by atoms with Crippen LogP contribution in [0.15, 0.2) is 31.6 Å². The van der Waals surface area contributed by atoms with Crippen LogP contribution in [0.5, 0.6) is 0 Å². The predicted molar refractivity (Wildman–Crippen MR) is 171 cm³/mol. The molecule has 18 heteroatoms. The molecule has 260 valence electrons. The number of hydrogen-bond donors (Lipinski definition) is 4. The van der Waals surface area contributed by atoms with Gasteiger partial charge in [0.15, 0.2) is 0 Å². The third-order valence-corrected chi connectivity index (χ3v) is 10.4. The molecule has 48 heavy (non-hydrogen) atoms. The standard InChI is InChI=1S/2C15H21N5O4/c1-14-8-9-15(14,2)11(22)17-13(24)20(9)7-5-18(3)4-6-19(8)12(23)16-10(14)21;1-10-8-19(14(23)16-12(10)21)6-4-18(3)5-7-20-9-11(2)13(22)17-15(20)24/h2*8-9H,4-7H2,1-3H3,(H,16,21,23)(H,17,22,24). The molecule has 3 aliphatic heterocycles. The Bertz CT molecular complexity index is 1760. The number of rotatable bonds is 6. The minimum Gasteiger partial charge on any atom is -0.317 e. The molecule has 3 saturated heterocycles. The van der Waals surface area contributed by atoms with Crippen LogP contribution in [0, 0.1) is 24.7 Å². The number of carbonyl (C=O) groups is 4. The van der Waals surface area contributed by atoms with Gasteiger partial charge in [-0.3, -0.25) is 48.9 Å². The Kier molecular flexibility index (Phi) is 9.09. The molecule has 2 aromatic heterocycles. The van der Waals surface area contributed by atoms with Crippen molar-refractivity contribution in [1.82, 2.24) is 49.3 Å². The highest BCUT2D eigenvalue weighted by molar-refractivity contribution is 6.10. The van der Waals surface area contributed by atoms with Crippen molar-refractivity contribution in [2.24, 2.45) is 10.8 Å². The van der Waals surface area contributed by atoms with E-state index in [1.165, 1.54) is 21.5 Å². The van der Waals surface area contributed by atoms with Crippen LogP contribution in [0.4, 0.5) is 9.59 Å². The Morgan fingerprint density at radius 3 is 1.44 bits per heavy atom. The van der Waals surface area contributed by atoms with Crippen LogP contribution in [-0.2, 0) is 22.7 Å². The summed E-state index contributed by atoms with van der Waals surface area (Å²) in [5.74, 6) is -0.880. The van der Waals surface area contributed by atoms with Gasteiger partial charge >= 0.3 is 23.4 Å². The van der Waals surface area contributed by atoms with Crippen molar-refractivity contribution in [1.29, 1.82) is 0 Å². The first-order valence-electron chi connectivity index (χ1n) is 15.7. The number of fused-ring (bicyclic) bond motifs is 1. The highest BCUT2D eigenvalue weighted by atomic mass is 16.2. The number of hydrogen-bond acceptors (Lipinski definition) is 10. The molecule has 4 unspecified atom stereocenters. The monoisotopic (exact) mass is 670 g/mol. The fourth-order valence-electron chi connectivity index (χ4n) is 7.09. The second-order valence-corrected chi connectivity index (χ2v) is 13.3. The molecule has 1 saturated carbocycles. The van der Waals surface area contributed by atoms with E-state index in [0.717, 1.165) is 0 Å². The molecule has 4 atom stereocenters. The van der Waals surface area contributed by atoms with E-state index in [0.29, 0.717) is 63.5 Å². The number of H-pyrrole nitrogens is 2. The Morgan fingerprint density at radius 1 is 0.688 bits per heavy atom. The van der Waals surface area contributed by atoms with Crippen LogP contribution in [0.1, 0.15) is 25.0 Å². The van der Waals surface area contributed by atoms with Gasteiger partial charge in [0.1, 0.15) is 0 Å². The Labute approximate surface area is 274 Å². The number of nitrogens with zero attached hydrogens (tertiary/aromatic N) is 6. The van der Waals surface area contributed by atoms with Gasteiger partial charge in [0.05, 0.1) is 22.9 Å². The first-order chi connectivity index (χ1) is 22.5. The highest BCUT2D eigenvalue weighted by Crippen LogP contribution is 2.63. The van der Waals surface area contributed by atoms with E-state index < -0.39 is 58.2 Å². The van der Waals surface area contributed by atoms with Gasteiger partial charge in [-0.25, -0.2) is 19.2 Å². The predicted octanol–water partition coefficient (Wildman–Crippen LogP) is -2.57. The molecule has 18 nitrogen and oxygen atoms in total. The van der Waals surface area contributed by atoms with Gasteiger partial charge in [-0.15, -0.1) is 0 Å². The minimum absolute atomic E-state index is 0.377. The summed E-state index contributed by atoms with van der Waals surface area (Å²) in [5.41, 5.74) is -2.79. The largest absolute Gasteiger partial charge is 0.328 e. The van der Waals surface area contributed by atoms with E-state index in [1.807, 2.05) is 23.9 Å². The summed E-state index contributed by atoms with van der Waals surface area (Å²) in [7, 11) is 3.79. The van der Waals surface area contributed by atoms with Crippen molar-refractivity contribution in [2.45, 2.75) is 52.9 Å². The zero-order chi connectivity index (χ0) is 35.3. The molecular weight excluding hydrogens is 628 g/mol. The molecule has 0 aromatic carbocycles. The lowest BCUT2D eigenvalue weighted by atomic mass is 9.42. The molecule has 1 aliphatic carbocycles. The molecule has 2 aromatic rings. The fourth-order valence-corrected chi connectivity index (χ4v) is 7.09. The van der Waals surface area contributed by atoms with Gasteiger partial charge in [0, 0.05) is 75.9 Å². The summed E-state index contributed by atoms with van der Waals surface area (Å²) in [6.45, 7) is 10.9. The number of aromatic amines is 2. The molecule has 4 fully saturated rings. The van der Waals surface area contributed by atoms with Crippen LogP contribution >= 0.6 is 0 Å². The maximum Gasteiger partial charge on any atom is 0.328 e. The van der Waals surface area contributed by atoms with E-state index >= 15 is 0 Å². The quantitative estimate of drug-likeness (QED) is 0.252. The van der Waals surface area contributed by atoms with Crippen molar-refractivity contribution in [3.05, 3.63) is 65.2 Å². The van der Waals surface area contributed by atoms with Crippen LogP contribution in [0.3, 0.4) is 0 Å². The first kappa shape index (κ1) is 34.5. The molecule has 0 bridgehead atoms. The number of aryl methyl sites for hydroxylation is 2. The van der Waals surface area contributed by atoms with Crippen molar-refractivity contribution in [2.75, 3.05) is 53.4 Å². The molecule has 4 N–H and O–H groups in total. The molecule has 0 radical (unpaired) electrons.